The van der Waals surface area contributed by atoms with Gasteiger partial charge in [-0.1, -0.05) is 13.8 Å². The highest BCUT2D eigenvalue weighted by atomic mass is 31.2. The number of rotatable bonds is 4. The Kier molecular flexibility index (Phi) is 4.98. The van der Waals surface area contributed by atoms with E-state index in [1.165, 1.54) is 0 Å². The molecule has 0 N–H and O–H groups in total. The number of hydrogen-bond donors (Lipinski definition) is 0. The summed E-state index contributed by atoms with van der Waals surface area (Å²) in [5, 5.41) is 0. The molecule has 1 aliphatic heterocycles. The third-order valence-corrected chi connectivity index (χ3v) is 4.93. The predicted octanol–water partition coefficient (Wildman–Crippen LogP) is 2.71. The highest BCUT2D eigenvalue weighted by Crippen LogP contribution is 2.42. The molecule has 1 saturated heterocycles. The average Bonchev–Trinajstić information content (AvgIpc) is 2.45. The minimum absolute atomic E-state index is 0.267. The lowest BCUT2D eigenvalue weighted by atomic mass is 9.98. The largest absolute Gasteiger partial charge is 0.372 e. The summed E-state index contributed by atoms with van der Waals surface area (Å²) in [6.45, 7) is 8.69. The zero-order chi connectivity index (χ0) is 11.6. The molecular weight excluding hydrogens is 209 g/mol. The van der Waals surface area contributed by atoms with E-state index < -0.39 is 8.30 Å². The Labute approximate surface area is 95.0 Å². The van der Waals surface area contributed by atoms with Gasteiger partial charge in [-0.25, -0.2) is 0 Å². The topological polar surface area (TPSA) is 21.7 Å². The summed E-state index contributed by atoms with van der Waals surface area (Å²) in [5.74, 6) is 0.500. The Morgan fingerprint density at radius 3 is 2.40 bits per heavy atom. The highest BCUT2D eigenvalue weighted by Gasteiger charge is 2.40. The van der Waals surface area contributed by atoms with E-state index in [9.17, 15) is 0 Å². The van der Waals surface area contributed by atoms with E-state index in [1.807, 2.05) is 0 Å². The van der Waals surface area contributed by atoms with Crippen molar-refractivity contribution < 1.29 is 9.26 Å². The molecule has 0 aliphatic carbocycles. The van der Waals surface area contributed by atoms with E-state index in [0.29, 0.717) is 12.0 Å². The highest BCUT2D eigenvalue weighted by molar-refractivity contribution is 7.49. The van der Waals surface area contributed by atoms with E-state index in [2.05, 4.69) is 46.2 Å². The Hall–Kier alpha value is 0.310. The van der Waals surface area contributed by atoms with E-state index in [1.54, 1.807) is 0 Å². The van der Waals surface area contributed by atoms with Crippen molar-refractivity contribution in [3.63, 3.8) is 0 Å². The summed E-state index contributed by atoms with van der Waals surface area (Å²) in [6, 6.07) is 0. The van der Waals surface area contributed by atoms with Crippen molar-refractivity contribution in [1.29, 1.82) is 0 Å². The van der Waals surface area contributed by atoms with Crippen LogP contribution >= 0.6 is 8.30 Å². The fourth-order valence-electron chi connectivity index (χ4n) is 1.85. The lowest BCUT2D eigenvalue weighted by Crippen LogP contribution is -2.28. The molecule has 2 unspecified atom stereocenters. The summed E-state index contributed by atoms with van der Waals surface area (Å²) >= 11 is 0. The van der Waals surface area contributed by atoms with Gasteiger partial charge in [-0.05, 0) is 34.1 Å². The van der Waals surface area contributed by atoms with Crippen LogP contribution in [0.1, 0.15) is 27.2 Å². The molecule has 0 saturated carbocycles. The van der Waals surface area contributed by atoms with Gasteiger partial charge in [-0.15, -0.1) is 0 Å². The Morgan fingerprint density at radius 2 is 1.93 bits per heavy atom. The van der Waals surface area contributed by atoms with Crippen molar-refractivity contribution in [1.82, 2.24) is 4.67 Å². The van der Waals surface area contributed by atoms with E-state index in [-0.39, 0.29) is 12.2 Å². The fourth-order valence-corrected chi connectivity index (χ4v) is 2.71. The SMILES string of the molecule is CC[C@H]1O[C@@H](C)[C@@H](C)C1OP(C)N(C)C. The Balaban J connectivity index is 2.58. The van der Waals surface area contributed by atoms with Crippen LogP contribution < -0.4 is 0 Å². The summed E-state index contributed by atoms with van der Waals surface area (Å²) < 4.78 is 14.2. The first-order chi connectivity index (χ1) is 6.97. The van der Waals surface area contributed by atoms with Crippen LogP contribution in [0.4, 0.5) is 0 Å². The first kappa shape index (κ1) is 13.4. The van der Waals surface area contributed by atoms with Crippen LogP contribution in [0.25, 0.3) is 0 Å². The molecule has 1 aliphatic rings. The molecule has 0 spiro atoms. The first-order valence-corrected chi connectivity index (χ1v) is 7.36. The molecule has 3 nitrogen and oxygen atoms in total. The van der Waals surface area contributed by atoms with Crippen LogP contribution in [-0.4, -0.2) is 43.7 Å². The van der Waals surface area contributed by atoms with Crippen molar-refractivity contribution in [2.45, 2.75) is 45.5 Å². The van der Waals surface area contributed by atoms with Crippen molar-refractivity contribution in [3.8, 4) is 0 Å². The summed E-state index contributed by atoms with van der Waals surface area (Å²) in [4.78, 5) is 0. The normalized spacial score (nSPS) is 38.6. The number of hydrogen-bond acceptors (Lipinski definition) is 3. The molecule has 1 heterocycles. The van der Waals surface area contributed by atoms with Crippen molar-refractivity contribution in [3.05, 3.63) is 0 Å². The van der Waals surface area contributed by atoms with Crippen LogP contribution in [0.5, 0.6) is 0 Å². The maximum Gasteiger partial charge on any atom is 0.101 e. The molecule has 90 valence electrons. The standard InChI is InChI=1S/C11H24NO2P/c1-7-10-11(8(2)9(3)13-10)14-15(6)12(4)5/h8-11H,7H2,1-6H3/t8-,9+,10-,11?,15?/m1/s1. The maximum absolute atomic E-state index is 6.12. The Morgan fingerprint density at radius 1 is 1.33 bits per heavy atom. The minimum atomic E-state index is -0.475. The lowest BCUT2D eigenvalue weighted by molar-refractivity contribution is 0.0229. The second-order valence-corrected chi connectivity index (χ2v) is 6.47. The first-order valence-electron chi connectivity index (χ1n) is 5.70. The molecule has 15 heavy (non-hydrogen) atoms. The monoisotopic (exact) mass is 233 g/mol. The van der Waals surface area contributed by atoms with Gasteiger partial charge in [-0.2, -0.15) is 0 Å². The molecule has 0 aromatic carbocycles. The molecular formula is C11H24NO2P. The van der Waals surface area contributed by atoms with Crippen molar-refractivity contribution in [2.75, 3.05) is 20.8 Å². The van der Waals surface area contributed by atoms with Gasteiger partial charge in [-0.3, -0.25) is 4.67 Å². The van der Waals surface area contributed by atoms with E-state index in [4.69, 9.17) is 9.26 Å². The van der Waals surface area contributed by atoms with Crippen molar-refractivity contribution >= 4 is 8.30 Å². The van der Waals surface area contributed by atoms with Crippen LogP contribution in [0, 0.1) is 5.92 Å². The van der Waals surface area contributed by atoms with E-state index >= 15 is 0 Å². The van der Waals surface area contributed by atoms with Gasteiger partial charge in [0.05, 0.1) is 18.3 Å². The molecule has 0 amide bonds. The predicted molar refractivity (Wildman–Crippen MR) is 65.2 cm³/mol. The van der Waals surface area contributed by atoms with Crippen LogP contribution in [0.2, 0.25) is 0 Å². The molecule has 0 bridgehead atoms. The van der Waals surface area contributed by atoms with Crippen molar-refractivity contribution in [2.24, 2.45) is 5.92 Å². The second-order valence-electron chi connectivity index (χ2n) is 4.53. The fraction of sp³-hybridized carbons (Fsp3) is 1.00. The molecule has 5 atom stereocenters. The molecule has 0 aromatic rings. The molecule has 4 heteroatoms. The molecule has 1 rings (SSSR count). The van der Waals surface area contributed by atoms with Gasteiger partial charge in [0.1, 0.15) is 8.30 Å². The zero-order valence-corrected chi connectivity index (χ0v) is 11.6. The summed E-state index contributed by atoms with van der Waals surface area (Å²) in [7, 11) is 3.66. The minimum Gasteiger partial charge on any atom is -0.372 e. The Bertz CT molecular complexity index is 201. The van der Waals surface area contributed by atoms with Crippen LogP contribution in [0.3, 0.4) is 0 Å². The third-order valence-electron chi connectivity index (χ3n) is 3.25. The van der Waals surface area contributed by atoms with E-state index in [0.717, 1.165) is 6.42 Å². The average molecular weight is 233 g/mol. The smallest absolute Gasteiger partial charge is 0.101 e. The van der Waals surface area contributed by atoms with Gasteiger partial charge in [0, 0.05) is 5.92 Å². The third kappa shape index (κ3) is 3.13. The van der Waals surface area contributed by atoms with Crippen LogP contribution in [-0.2, 0) is 9.26 Å². The molecule has 0 radical (unpaired) electrons. The summed E-state index contributed by atoms with van der Waals surface area (Å²) in [6.07, 6.45) is 1.91. The lowest BCUT2D eigenvalue weighted by Gasteiger charge is -2.27. The summed E-state index contributed by atoms with van der Waals surface area (Å²) in [5.41, 5.74) is 0. The number of nitrogens with zero attached hydrogens (tertiary/aromatic N) is 1. The van der Waals surface area contributed by atoms with Gasteiger partial charge in [0.15, 0.2) is 0 Å². The number of ether oxygens (including phenoxy) is 1. The van der Waals surface area contributed by atoms with Gasteiger partial charge in [0.25, 0.3) is 0 Å². The van der Waals surface area contributed by atoms with Crippen LogP contribution in [0.15, 0.2) is 0 Å². The zero-order valence-electron chi connectivity index (χ0n) is 10.7. The van der Waals surface area contributed by atoms with Gasteiger partial charge in [0.2, 0.25) is 0 Å². The van der Waals surface area contributed by atoms with Gasteiger partial charge >= 0.3 is 0 Å². The molecule has 1 fully saturated rings. The van der Waals surface area contributed by atoms with Gasteiger partial charge < -0.3 is 9.26 Å². The quantitative estimate of drug-likeness (QED) is 0.697. The molecule has 0 aromatic heterocycles. The maximum atomic E-state index is 6.12. The second kappa shape index (κ2) is 5.58.